The summed E-state index contributed by atoms with van der Waals surface area (Å²) in [6, 6.07) is 5.79. The molecule has 0 unspecified atom stereocenters. The Morgan fingerprint density at radius 2 is 2.08 bits per heavy atom. The van der Waals surface area contributed by atoms with Gasteiger partial charge in [0.25, 0.3) is 5.89 Å². The van der Waals surface area contributed by atoms with E-state index in [1.165, 1.54) is 30.8 Å². The van der Waals surface area contributed by atoms with Gasteiger partial charge in [-0.15, -0.1) is 0 Å². The number of aromatic nitrogens is 4. The lowest BCUT2D eigenvalue weighted by Gasteiger charge is -2.27. The first-order valence-corrected chi connectivity index (χ1v) is 8.79. The molecule has 7 nitrogen and oxygen atoms in total. The molecule has 3 aromatic heterocycles. The van der Waals surface area contributed by atoms with Gasteiger partial charge in [-0.05, 0) is 42.9 Å². The number of nitrogens with zero attached hydrogens (tertiary/aromatic N) is 5. The zero-order valence-corrected chi connectivity index (χ0v) is 13.9. The highest BCUT2D eigenvalue weighted by atomic mass is 32.1. The van der Waals surface area contributed by atoms with Crippen molar-refractivity contribution in [3.8, 4) is 17.3 Å². The van der Waals surface area contributed by atoms with Gasteiger partial charge in [-0.25, -0.2) is 4.98 Å². The Hall–Kier alpha value is -2.48. The lowest BCUT2D eigenvalue weighted by Crippen LogP contribution is -2.29. The minimum absolute atomic E-state index is 0.204. The van der Waals surface area contributed by atoms with Gasteiger partial charge < -0.3 is 14.2 Å². The largest absolute Gasteiger partial charge is 0.467 e. The highest BCUT2D eigenvalue weighted by Crippen LogP contribution is 2.21. The van der Waals surface area contributed by atoms with E-state index in [0.29, 0.717) is 17.6 Å². The lowest BCUT2D eigenvalue weighted by atomic mass is 10.1. The van der Waals surface area contributed by atoms with Crippen molar-refractivity contribution in [2.75, 3.05) is 18.0 Å². The maximum atomic E-state index is 5.46. The SMILES string of the molecule is c1cc(OCc2nc(-c3ccc(N4CCCCC4)nc3)no2)ns1. The number of piperidine rings is 1. The van der Waals surface area contributed by atoms with Gasteiger partial charge in [0.05, 0.1) is 0 Å². The zero-order chi connectivity index (χ0) is 16.2. The molecule has 0 spiro atoms. The Morgan fingerprint density at radius 1 is 1.17 bits per heavy atom. The number of rotatable bonds is 5. The van der Waals surface area contributed by atoms with Crippen LogP contribution < -0.4 is 9.64 Å². The van der Waals surface area contributed by atoms with E-state index in [1.807, 2.05) is 17.5 Å². The summed E-state index contributed by atoms with van der Waals surface area (Å²) in [5.74, 6) is 2.50. The van der Waals surface area contributed by atoms with Crippen molar-refractivity contribution >= 4 is 17.4 Å². The van der Waals surface area contributed by atoms with E-state index < -0.39 is 0 Å². The van der Waals surface area contributed by atoms with Gasteiger partial charge in [-0.3, -0.25) is 0 Å². The fourth-order valence-corrected chi connectivity index (χ4v) is 3.13. The number of ether oxygens (including phenoxy) is 1. The Morgan fingerprint density at radius 3 is 2.83 bits per heavy atom. The molecule has 0 atom stereocenters. The molecule has 124 valence electrons. The van der Waals surface area contributed by atoms with Crippen molar-refractivity contribution in [2.24, 2.45) is 0 Å². The molecule has 0 aromatic carbocycles. The van der Waals surface area contributed by atoms with Gasteiger partial charge in [0.1, 0.15) is 5.82 Å². The van der Waals surface area contributed by atoms with Crippen LogP contribution in [-0.4, -0.2) is 32.6 Å². The molecule has 4 rings (SSSR count). The fourth-order valence-electron chi connectivity index (χ4n) is 2.67. The van der Waals surface area contributed by atoms with E-state index in [0.717, 1.165) is 24.5 Å². The van der Waals surface area contributed by atoms with Gasteiger partial charge in [0, 0.05) is 36.3 Å². The Balaban J connectivity index is 1.42. The van der Waals surface area contributed by atoms with E-state index in [4.69, 9.17) is 9.26 Å². The smallest absolute Gasteiger partial charge is 0.264 e. The second kappa shape index (κ2) is 6.96. The van der Waals surface area contributed by atoms with Crippen LogP contribution in [-0.2, 0) is 6.61 Å². The van der Waals surface area contributed by atoms with Crippen molar-refractivity contribution in [3.05, 3.63) is 35.7 Å². The molecular weight excluding hydrogens is 326 g/mol. The number of hydrogen-bond donors (Lipinski definition) is 0. The average molecular weight is 343 g/mol. The van der Waals surface area contributed by atoms with Crippen LogP contribution in [0, 0.1) is 0 Å². The van der Waals surface area contributed by atoms with Crippen LogP contribution in [0.15, 0.2) is 34.3 Å². The molecule has 1 saturated heterocycles. The summed E-state index contributed by atoms with van der Waals surface area (Å²) in [7, 11) is 0. The monoisotopic (exact) mass is 343 g/mol. The quantitative estimate of drug-likeness (QED) is 0.704. The second-order valence-corrected chi connectivity index (χ2v) is 6.26. The highest BCUT2D eigenvalue weighted by Gasteiger charge is 2.14. The van der Waals surface area contributed by atoms with Crippen LogP contribution >= 0.6 is 11.5 Å². The summed E-state index contributed by atoms with van der Waals surface area (Å²) in [5.41, 5.74) is 0.833. The van der Waals surface area contributed by atoms with Gasteiger partial charge >= 0.3 is 0 Å². The molecule has 4 heterocycles. The maximum Gasteiger partial charge on any atom is 0.264 e. The molecule has 1 fully saturated rings. The summed E-state index contributed by atoms with van der Waals surface area (Å²) in [5, 5.41) is 5.84. The van der Waals surface area contributed by atoms with E-state index in [2.05, 4.69) is 24.4 Å². The summed E-state index contributed by atoms with van der Waals surface area (Å²) in [6.07, 6.45) is 5.57. The standard InChI is InChI=1S/C16H17N5O2S/c1-2-7-21(8-3-1)13-5-4-12(10-17-13)16-18-15(23-19-16)11-22-14-6-9-24-20-14/h4-6,9-10H,1-3,7-8,11H2. The third-order valence-electron chi connectivity index (χ3n) is 3.91. The Labute approximate surface area is 143 Å². The summed E-state index contributed by atoms with van der Waals surface area (Å²) in [6.45, 7) is 2.36. The zero-order valence-electron chi connectivity index (χ0n) is 13.1. The summed E-state index contributed by atoms with van der Waals surface area (Å²) >= 11 is 1.34. The second-order valence-electron chi connectivity index (χ2n) is 5.59. The van der Waals surface area contributed by atoms with Crippen LogP contribution in [0.5, 0.6) is 5.88 Å². The van der Waals surface area contributed by atoms with Crippen molar-refractivity contribution in [2.45, 2.75) is 25.9 Å². The molecule has 8 heteroatoms. The summed E-state index contributed by atoms with van der Waals surface area (Å²) in [4.78, 5) is 11.2. The molecule has 0 aliphatic carbocycles. The van der Waals surface area contributed by atoms with Crippen LogP contribution in [0.1, 0.15) is 25.2 Å². The lowest BCUT2D eigenvalue weighted by molar-refractivity contribution is 0.237. The van der Waals surface area contributed by atoms with Crippen LogP contribution in [0.2, 0.25) is 0 Å². The molecule has 0 amide bonds. The van der Waals surface area contributed by atoms with E-state index in [1.54, 1.807) is 12.3 Å². The van der Waals surface area contributed by atoms with Crippen molar-refractivity contribution in [1.82, 2.24) is 19.5 Å². The van der Waals surface area contributed by atoms with Crippen molar-refractivity contribution in [3.63, 3.8) is 0 Å². The first-order valence-electron chi connectivity index (χ1n) is 7.95. The van der Waals surface area contributed by atoms with Crippen LogP contribution in [0.4, 0.5) is 5.82 Å². The fraction of sp³-hybridized carbons (Fsp3) is 0.375. The Kier molecular flexibility index (Phi) is 4.37. The maximum absolute atomic E-state index is 5.46. The number of anilines is 1. The first-order chi connectivity index (χ1) is 11.9. The third-order valence-corrected chi connectivity index (χ3v) is 4.46. The molecule has 0 N–H and O–H groups in total. The molecule has 1 aliphatic rings. The van der Waals surface area contributed by atoms with E-state index in [-0.39, 0.29) is 6.61 Å². The number of hydrogen-bond acceptors (Lipinski definition) is 8. The highest BCUT2D eigenvalue weighted by molar-refractivity contribution is 7.03. The van der Waals surface area contributed by atoms with Crippen molar-refractivity contribution in [1.29, 1.82) is 0 Å². The average Bonchev–Trinajstić information content (AvgIpc) is 3.33. The third kappa shape index (κ3) is 3.38. The topological polar surface area (TPSA) is 77.2 Å². The van der Waals surface area contributed by atoms with Crippen LogP contribution in [0.25, 0.3) is 11.4 Å². The first kappa shape index (κ1) is 15.1. The van der Waals surface area contributed by atoms with Gasteiger partial charge in [0.2, 0.25) is 11.7 Å². The minimum atomic E-state index is 0.204. The summed E-state index contributed by atoms with van der Waals surface area (Å²) < 4.78 is 14.7. The van der Waals surface area contributed by atoms with E-state index >= 15 is 0 Å². The van der Waals surface area contributed by atoms with Gasteiger partial charge in [-0.2, -0.15) is 9.36 Å². The normalized spacial score (nSPS) is 14.8. The van der Waals surface area contributed by atoms with Crippen LogP contribution in [0.3, 0.4) is 0 Å². The van der Waals surface area contributed by atoms with Crippen molar-refractivity contribution < 1.29 is 9.26 Å². The molecule has 0 saturated carbocycles. The van der Waals surface area contributed by atoms with Gasteiger partial charge in [-0.1, -0.05) is 5.16 Å². The van der Waals surface area contributed by atoms with E-state index in [9.17, 15) is 0 Å². The molecule has 0 bridgehead atoms. The minimum Gasteiger partial charge on any atom is -0.467 e. The Bertz CT molecular complexity index is 766. The molecule has 0 radical (unpaired) electrons. The molecular formula is C16H17N5O2S. The molecule has 1 aliphatic heterocycles. The molecule has 3 aromatic rings. The predicted octanol–water partition coefficient (Wildman–Crippen LogP) is 3.16. The van der Waals surface area contributed by atoms with Gasteiger partial charge in [0.15, 0.2) is 6.61 Å². The number of pyridine rings is 1. The molecule has 24 heavy (non-hydrogen) atoms. The predicted molar refractivity (Wildman–Crippen MR) is 90.0 cm³/mol.